The lowest BCUT2D eigenvalue weighted by atomic mass is 10.5. The van der Waals surface area contributed by atoms with Gasteiger partial charge in [-0.05, 0) is 22.0 Å². The van der Waals surface area contributed by atoms with E-state index in [1.54, 1.807) is 0 Å². The second kappa shape index (κ2) is 8.26. The van der Waals surface area contributed by atoms with Crippen LogP contribution >= 0.6 is 27.5 Å². The van der Waals surface area contributed by atoms with Crippen LogP contribution in [0, 0.1) is 0 Å². The normalized spacial score (nSPS) is 12.1. The van der Waals surface area contributed by atoms with E-state index in [0.29, 0.717) is 17.7 Å². The van der Waals surface area contributed by atoms with Crippen molar-refractivity contribution in [3.8, 4) is 0 Å². The van der Waals surface area contributed by atoms with Crippen LogP contribution in [0.15, 0.2) is 21.6 Å². The molecule has 0 spiro atoms. The molecule has 6 nitrogen and oxygen atoms in total. The highest BCUT2D eigenvalue weighted by Gasteiger charge is 2.25. The summed E-state index contributed by atoms with van der Waals surface area (Å²) in [7, 11) is -0.632. The van der Waals surface area contributed by atoms with Crippen LogP contribution in [0.2, 0.25) is 5.15 Å². The van der Waals surface area contributed by atoms with Crippen molar-refractivity contribution in [3.63, 3.8) is 0 Å². The first-order valence-electron chi connectivity index (χ1n) is 5.72. The largest absolute Gasteiger partial charge is 0.383 e. The second-order valence-electron chi connectivity index (χ2n) is 3.83. The van der Waals surface area contributed by atoms with Gasteiger partial charge in [-0.1, -0.05) is 11.6 Å². The monoisotopic (exact) mass is 386 g/mol. The summed E-state index contributed by atoms with van der Waals surface area (Å²) in [5, 5.41) is 0.212. The van der Waals surface area contributed by atoms with Gasteiger partial charge < -0.3 is 9.47 Å². The highest BCUT2D eigenvalue weighted by molar-refractivity contribution is 9.10. The lowest BCUT2D eigenvalue weighted by molar-refractivity contribution is 0.150. The van der Waals surface area contributed by atoms with Gasteiger partial charge in [-0.15, -0.1) is 0 Å². The molecule has 0 amide bonds. The molecule has 9 heteroatoms. The Morgan fingerprint density at radius 1 is 1.30 bits per heavy atom. The van der Waals surface area contributed by atoms with Gasteiger partial charge in [0.15, 0.2) is 0 Å². The lowest BCUT2D eigenvalue weighted by Crippen LogP contribution is -2.36. The van der Waals surface area contributed by atoms with Gasteiger partial charge in [0.1, 0.15) is 10.0 Å². The molecular formula is C11H16BrClN2O4S. The fourth-order valence-electron chi connectivity index (χ4n) is 1.43. The van der Waals surface area contributed by atoms with E-state index in [0.717, 1.165) is 0 Å². The molecule has 0 saturated heterocycles. The molecule has 1 heterocycles. The Morgan fingerprint density at radius 3 is 2.30 bits per heavy atom. The number of aromatic nitrogens is 1. The highest BCUT2D eigenvalue weighted by atomic mass is 79.9. The van der Waals surface area contributed by atoms with Gasteiger partial charge in [-0.25, -0.2) is 13.4 Å². The number of methoxy groups -OCH3 is 2. The van der Waals surface area contributed by atoms with Crippen molar-refractivity contribution in [2.24, 2.45) is 0 Å². The molecule has 1 aromatic rings. The van der Waals surface area contributed by atoms with Crippen molar-refractivity contribution in [3.05, 3.63) is 21.9 Å². The number of pyridine rings is 1. The first-order chi connectivity index (χ1) is 9.43. The molecule has 0 aromatic carbocycles. The van der Waals surface area contributed by atoms with Crippen LogP contribution in [0.25, 0.3) is 0 Å². The van der Waals surface area contributed by atoms with E-state index in [1.807, 2.05) is 0 Å². The van der Waals surface area contributed by atoms with Crippen LogP contribution < -0.4 is 0 Å². The molecule has 0 aliphatic heterocycles. The Hall–Kier alpha value is -0.250. The van der Waals surface area contributed by atoms with Gasteiger partial charge in [0.2, 0.25) is 10.0 Å². The first-order valence-corrected chi connectivity index (χ1v) is 8.33. The zero-order chi connectivity index (χ0) is 15.2. The summed E-state index contributed by atoms with van der Waals surface area (Å²) in [6, 6.07) is 1.43. The smallest absolute Gasteiger partial charge is 0.244 e. The van der Waals surface area contributed by atoms with Gasteiger partial charge in [0.05, 0.1) is 17.7 Å². The average molecular weight is 388 g/mol. The van der Waals surface area contributed by atoms with Crippen molar-refractivity contribution >= 4 is 37.6 Å². The molecule has 1 rings (SSSR count). The van der Waals surface area contributed by atoms with Crippen molar-refractivity contribution in [2.75, 3.05) is 40.5 Å². The maximum Gasteiger partial charge on any atom is 0.244 e. The molecule has 0 N–H and O–H groups in total. The van der Waals surface area contributed by atoms with Gasteiger partial charge in [-0.3, -0.25) is 0 Å². The standard InChI is InChI=1S/C11H16BrClN2O4S/c1-18-5-3-15(4-6-19-2)20(16,17)9-7-10(12)11(13)14-8-9/h7-8H,3-6H2,1-2H3. The minimum absolute atomic E-state index is 0.0704. The van der Waals surface area contributed by atoms with Crippen molar-refractivity contribution in [1.82, 2.24) is 9.29 Å². The summed E-state index contributed by atoms with van der Waals surface area (Å²) in [5.74, 6) is 0. The number of hydrogen-bond acceptors (Lipinski definition) is 5. The highest BCUT2D eigenvalue weighted by Crippen LogP contribution is 2.24. The molecule has 0 atom stereocenters. The summed E-state index contributed by atoms with van der Waals surface area (Å²) in [6.07, 6.45) is 1.23. The van der Waals surface area contributed by atoms with E-state index in [1.165, 1.54) is 30.8 Å². The van der Waals surface area contributed by atoms with Crippen LogP contribution in [0.3, 0.4) is 0 Å². The minimum atomic E-state index is -3.66. The van der Waals surface area contributed by atoms with E-state index >= 15 is 0 Å². The fourth-order valence-corrected chi connectivity index (χ4v) is 3.42. The number of rotatable bonds is 8. The summed E-state index contributed by atoms with van der Waals surface area (Å²) in [4.78, 5) is 3.91. The fraction of sp³-hybridized carbons (Fsp3) is 0.545. The average Bonchev–Trinajstić information content (AvgIpc) is 2.41. The van der Waals surface area contributed by atoms with Gasteiger partial charge in [0, 0.05) is 33.5 Å². The van der Waals surface area contributed by atoms with Gasteiger partial charge in [0.25, 0.3) is 0 Å². The Balaban J connectivity index is 3.03. The second-order valence-corrected chi connectivity index (χ2v) is 6.98. The lowest BCUT2D eigenvalue weighted by Gasteiger charge is -2.21. The van der Waals surface area contributed by atoms with Crippen LogP contribution in [0.5, 0.6) is 0 Å². The molecule has 0 bridgehead atoms. The molecule has 114 valence electrons. The SMILES string of the molecule is COCCN(CCOC)S(=O)(=O)c1cnc(Cl)c(Br)c1. The predicted molar refractivity (Wildman–Crippen MR) is 79.5 cm³/mol. The maximum absolute atomic E-state index is 12.5. The van der Waals surface area contributed by atoms with Crippen LogP contribution in [-0.2, 0) is 19.5 Å². The predicted octanol–water partition coefficient (Wildman–Crippen LogP) is 1.78. The third-order valence-electron chi connectivity index (χ3n) is 2.50. The molecule has 20 heavy (non-hydrogen) atoms. The Labute approximate surface area is 132 Å². The number of halogens is 2. The first kappa shape index (κ1) is 17.8. The van der Waals surface area contributed by atoms with E-state index in [2.05, 4.69) is 20.9 Å². The minimum Gasteiger partial charge on any atom is -0.383 e. The summed E-state index contributed by atoms with van der Waals surface area (Å²) < 4.78 is 36.6. The maximum atomic E-state index is 12.5. The molecule has 0 aliphatic carbocycles. The Bertz CT molecular complexity index is 533. The van der Waals surface area contributed by atoms with Crippen LogP contribution in [0.1, 0.15) is 0 Å². The molecular weight excluding hydrogens is 372 g/mol. The quantitative estimate of drug-likeness (QED) is 0.636. The van der Waals surface area contributed by atoms with E-state index < -0.39 is 10.0 Å². The number of sulfonamides is 1. The van der Waals surface area contributed by atoms with Crippen molar-refractivity contribution in [2.45, 2.75) is 4.90 Å². The van der Waals surface area contributed by atoms with E-state index in [4.69, 9.17) is 21.1 Å². The summed E-state index contributed by atoms with van der Waals surface area (Å²) in [5.41, 5.74) is 0. The molecule has 0 aliphatic rings. The van der Waals surface area contributed by atoms with Gasteiger partial charge in [-0.2, -0.15) is 4.31 Å². The third kappa shape index (κ3) is 4.64. The molecule has 1 aromatic heterocycles. The zero-order valence-corrected chi connectivity index (χ0v) is 14.3. The van der Waals surface area contributed by atoms with E-state index in [-0.39, 0.29) is 23.1 Å². The van der Waals surface area contributed by atoms with Gasteiger partial charge >= 0.3 is 0 Å². The Morgan fingerprint density at radius 2 is 1.85 bits per heavy atom. The molecule has 0 saturated carbocycles. The third-order valence-corrected chi connectivity index (χ3v) is 5.50. The number of nitrogens with zero attached hydrogens (tertiary/aromatic N) is 2. The van der Waals surface area contributed by atoms with Crippen molar-refractivity contribution < 1.29 is 17.9 Å². The zero-order valence-electron chi connectivity index (χ0n) is 11.2. The Kier molecular flexibility index (Phi) is 7.35. The molecule has 0 radical (unpaired) electrons. The van der Waals surface area contributed by atoms with Crippen LogP contribution in [-0.4, -0.2) is 58.2 Å². The molecule has 0 fully saturated rings. The summed E-state index contributed by atoms with van der Waals surface area (Å²) >= 11 is 8.94. The number of hydrogen-bond donors (Lipinski definition) is 0. The van der Waals surface area contributed by atoms with Crippen LogP contribution in [0.4, 0.5) is 0 Å². The molecule has 0 unspecified atom stereocenters. The number of ether oxygens (including phenoxy) is 2. The topological polar surface area (TPSA) is 68.7 Å². The van der Waals surface area contributed by atoms with E-state index in [9.17, 15) is 8.42 Å². The van der Waals surface area contributed by atoms with Crippen molar-refractivity contribution in [1.29, 1.82) is 0 Å². The summed E-state index contributed by atoms with van der Waals surface area (Å²) in [6.45, 7) is 1.07.